The van der Waals surface area contributed by atoms with Crippen LogP contribution in [0.3, 0.4) is 0 Å². The van der Waals surface area contributed by atoms with E-state index in [1.165, 1.54) is 37.1 Å². The summed E-state index contributed by atoms with van der Waals surface area (Å²) in [6, 6.07) is 13.4. The van der Waals surface area contributed by atoms with Crippen LogP contribution in [0.1, 0.15) is 36.3 Å². The molecule has 0 spiro atoms. The third kappa shape index (κ3) is 3.72. The molecule has 2 aromatic rings. The maximum Gasteiger partial charge on any atom is 0.123 e. The minimum Gasteiger partial charge on any atom is -0.317 e. The molecule has 1 N–H and O–H groups in total. The topological polar surface area (TPSA) is 12.0 Å². The summed E-state index contributed by atoms with van der Waals surface area (Å²) in [4.78, 5) is 0. The van der Waals surface area contributed by atoms with Crippen molar-refractivity contribution in [2.45, 2.75) is 25.2 Å². The average molecular weight is 301 g/mol. The fraction of sp³-hybridized carbons (Fsp3) is 0.368. The molecule has 0 radical (unpaired) electrons. The Morgan fingerprint density at radius 1 is 0.818 bits per heavy atom. The number of rotatable bonds is 4. The first-order chi connectivity index (χ1) is 10.7. The molecule has 0 aromatic heterocycles. The monoisotopic (exact) mass is 301 g/mol. The minimum atomic E-state index is -0.219. The second-order valence-electron chi connectivity index (χ2n) is 6.08. The Bertz CT molecular complexity index is 540. The minimum absolute atomic E-state index is 0.198. The average Bonchev–Trinajstić information content (AvgIpc) is 2.56. The van der Waals surface area contributed by atoms with E-state index in [1.807, 2.05) is 24.3 Å². The number of halogens is 2. The van der Waals surface area contributed by atoms with Gasteiger partial charge in [-0.15, -0.1) is 0 Å². The molecule has 22 heavy (non-hydrogen) atoms. The van der Waals surface area contributed by atoms with Gasteiger partial charge in [0.25, 0.3) is 0 Å². The lowest BCUT2D eigenvalue weighted by Crippen LogP contribution is -2.28. The zero-order valence-corrected chi connectivity index (χ0v) is 12.6. The number of hydrogen-bond donors (Lipinski definition) is 1. The maximum atomic E-state index is 13.2. The van der Waals surface area contributed by atoms with Crippen LogP contribution >= 0.6 is 0 Å². The molecule has 3 heteroatoms. The second kappa shape index (κ2) is 7.01. The van der Waals surface area contributed by atoms with Gasteiger partial charge in [0.2, 0.25) is 0 Å². The van der Waals surface area contributed by atoms with Crippen molar-refractivity contribution >= 4 is 0 Å². The molecule has 1 aliphatic heterocycles. The summed E-state index contributed by atoms with van der Waals surface area (Å²) in [7, 11) is 0. The van der Waals surface area contributed by atoms with Gasteiger partial charge >= 0.3 is 0 Å². The number of benzene rings is 2. The summed E-state index contributed by atoms with van der Waals surface area (Å²) in [5.41, 5.74) is 2.21. The normalized spacial score (nSPS) is 16.1. The highest BCUT2D eigenvalue weighted by Crippen LogP contribution is 2.34. The van der Waals surface area contributed by atoms with Gasteiger partial charge in [0, 0.05) is 5.92 Å². The summed E-state index contributed by atoms with van der Waals surface area (Å²) in [6.45, 7) is 2.12. The van der Waals surface area contributed by atoms with E-state index < -0.39 is 0 Å². The van der Waals surface area contributed by atoms with Gasteiger partial charge in [-0.05, 0) is 73.7 Å². The molecule has 0 saturated carbocycles. The Morgan fingerprint density at radius 2 is 1.27 bits per heavy atom. The first-order valence-electron chi connectivity index (χ1n) is 7.94. The van der Waals surface area contributed by atoms with Crippen LogP contribution in [0.2, 0.25) is 0 Å². The highest BCUT2D eigenvalue weighted by atomic mass is 19.1. The Morgan fingerprint density at radius 3 is 1.73 bits per heavy atom. The summed E-state index contributed by atoms with van der Waals surface area (Å²) >= 11 is 0. The molecular formula is C19H21F2N. The lowest BCUT2D eigenvalue weighted by Gasteiger charge is -2.27. The van der Waals surface area contributed by atoms with Gasteiger partial charge in [0.05, 0.1) is 0 Å². The molecule has 0 aliphatic carbocycles. The highest BCUT2D eigenvalue weighted by Gasteiger charge is 2.21. The Hall–Kier alpha value is -1.74. The zero-order chi connectivity index (χ0) is 15.4. The first kappa shape index (κ1) is 15.2. The van der Waals surface area contributed by atoms with Crippen molar-refractivity contribution in [1.82, 2.24) is 5.32 Å². The van der Waals surface area contributed by atoms with Crippen LogP contribution in [-0.4, -0.2) is 13.1 Å². The van der Waals surface area contributed by atoms with Gasteiger partial charge in [-0.25, -0.2) is 8.78 Å². The van der Waals surface area contributed by atoms with E-state index in [0.29, 0.717) is 5.92 Å². The standard InChI is InChI=1S/C19H21F2N/c20-17-5-1-15(2-6-17)19(13-14-9-11-22-12-10-14)16-3-7-18(21)8-4-16/h1-8,14,19,22H,9-13H2. The second-order valence-corrected chi connectivity index (χ2v) is 6.08. The van der Waals surface area contributed by atoms with Crippen LogP contribution in [0.25, 0.3) is 0 Å². The molecule has 0 amide bonds. The molecule has 1 nitrogen and oxygen atoms in total. The molecule has 1 aliphatic rings. The van der Waals surface area contributed by atoms with Crippen molar-refractivity contribution in [3.05, 3.63) is 71.3 Å². The fourth-order valence-electron chi connectivity index (χ4n) is 3.31. The molecule has 2 aromatic carbocycles. The van der Waals surface area contributed by atoms with Crippen molar-refractivity contribution in [3.63, 3.8) is 0 Å². The number of hydrogen-bond acceptors (Lipinski definition) is 1. The van der Waals surface area contributed by atoms with Gasteiger partial charge in [-0.3, -0.25) is 0 Å². The number of piperidine rings is 1. The molecule has 1 saturated heterocycles. The predicted octanol–water partition coefficient (Wildman–Crippen LogP) is 4.49. The summed E-state index contributed by atoms with van der Waals surface area (Å²) in [5, 5.41) is 3.38. The Kier molecular flexibility index (Phi) is 4.84. The Labute approximate surface area is 130 Å². The molecular weight excluding hydrogens is 280 g/mol. The first-order valence-corrected chi connectivity index (χ1v) is 7.94. The van der Waals surface area contributed by atoms with Gasteiger partial charge in [-0.2, -0.15) is 0 Å². The zero-order valence-electron chi connectivity index (χ0n) is 12.6. The molecule has 3 rings (SSSR count). The van der Waals surface area contributed by atoms with Crippen LogP contribution < -0.4 is 5.32 Å². The van der Waals surface area contributed by atoms with Crippen LogP contribution in [0.15, 0.2) is 48.5 Å². The van der Waals surface area contributed by atoms with Crippen molar-refractivity contribution in [2.24, 2.45) is 5.92 Å². The number of nitrogens with one attached hydrogen (secondary N) is 1. The van der Waals surface area contributed by atoms with Crippen molar-refractivity contribution < 1.29 is 8.78 Å². The van der Waals surface area contributed by atoms with Gasteiger partial charge in [0.15, 0.2) is 0 Å². The van der Waals surface area contributed by atoms with E-state index in [4.69, 9.17) is 0 Å². The van der Waals surface area contributed by atoms with Crippen LogP contribution in [0, 0.1) is 17.6 Å². The van der Waals surface area contributed by atoms with E-state index in [1.54, 1.807) is 0 Å². The molecule has 1 fully saturated rings. The van der Waals surface area contributed by atoms with E-state index >= 15 is 0 Å². The quantitative estimate of drug-likeness (QED) is 0.877. The van der Waals surface area contributed by atoms with E-state index in [-0.39, 0.29) is 17.6 Å². The van der Waals surface area contributed by atoms with Crippen LogP contribution in [-0.2, 0) is 0 Å². The Balaban J connectivity index is 1.86. The molecule has 0 atom stereocenters. The lowest BCUT2D eigenvalue weighted by atomic mass is 9.80. The van der Waals surface area contributed by atoms with Gasteiger partial charge in [0.1, 0.15) is 11.6 Å². The highest BCUT2D eigenvalue weighted by molar-refractivity contribution is 5.33. The fourth-order valence-corrected chi connectivity index (χ4v) is 3.31. The van der Waals surface area contributed by atoms with Crippen molar-refractivity contribution in [2.75, 3.05) is 13.1 Å². The molecule has 0 bridgehead atoms. The maximum absolute atomic E-state index is 13.2. The van der Waals surface area contributed by atoms with Crippen LogP contribution in [0.5, 0.6) is 0 Å². The lowest BCUT2D eigenvalue weighted by molar-refractivity contribution is 0.342. The SMILES string of the molecule is Fc1ccc(C(CC2CCNCC2)c2ccc(F)cc2)cc1. The van der Waals surface area contributed by atoms with Gasteiger partial charge in [-0.1, -0.05) is 24.3 Å². The molecule has 1 heterocycles. The third-order valence-electron chi connectivity index (χ3n) is 4.57. The smallest absolute Gasteiger partial charge is 0.123 e. The summed E-state index contributed by atoms with van der Waals surface area (Å²) in [6.07, 6.45) is 3.36. The summed E-state index contributed by atoms with van der Waals surface area (Å²) < 4.78 is 26.4. The van der Waals surface area contributed by atoms with E-state index in [2.05, 4.69) is 5.32 Å². The molecule has 0 unspecified atom stereocenters. The largest absolute Gasteiger partial charge is 0.317 e. The van der Waals surface area contributed by atoms with Gasteiger partial charge < -0.3 is 5.32 Å². The predicted molar refractivity (Wildman–Crippen MR) is 84.9 cm³/mol. The molecule has 116 valence electrons. The van der Waals surface area contributed by atoms with Crippen LogP contribution in [0.4, 0.5) is 8.78 Å². The third-order valence-corrected chi connectivity index (χ3v) is 4.57. The van der Waals surface area contributed by atoms with E-state index in [0.717, 1.165) is 30.6 Å². The van der Waals surface area contributed by atoms with Crippen molar-refractivity contribution in [3.8, 4) is 0 Å². The van der Waals surface area contributed by atoms with Crippen molar-refractivity contribution in [1.29, 1.82) is 0 Å². The summed E-state index contributed by atoms with van der Waals surface area (Å²) in [5.74, 6) is 0.414. The van der Waals surface area contributed by atoms with E-state index in [9.17, 15) is 8.78 Å².